The van der Waals surface area contributed by atoms with E-state index in [2.05, 4.69) is 32.3 Å². The van der Waals surface area contributed by atoms with Crippen molar-refractivity contribution in [2.75, 3.05) is 31.5 Å². The SMILES string of the molecule is c1ccc(-c2cnc(NC3=NCC4(CN5CCC4CC5)O3)s2)cc1. The quantitative estimate of drug-likeness (QED) is 0.913. The summed E-state index contributed by atoms with van der Waals surface area (Å²) in [6.45, 7) is 4.21. The van der Waals surface area contributed by atoms with E-state index in [0.717, 1.165) is 23.1 Å². The molecule has 3 saturated heterocycles. The Kier molecular flexibility index (Phi) is 3.35. The highest BCUT2D eigenvalue weighted by molar-refractivity contribution is 7.19. The molecule has 5 nitrogen and oxygen atoms in total. The van der Waals surface area contributed by atoms with E-state index in [0.29, 0.717) is 11.9 Å². The molecular weight excluding hydrogens is 320 g/mol. The van der Waals surface area contributed by atoms with E-state index in [1.165, 1.54) is 31.5 Å². The summed E-state index contributed by atoms with van der Waals surface area (Å²) in [7, 11) is 0. The van der Waals surface area contributed by atoms with Gasteiger partial charge in [-0.15, -0.1) is 0 Å². The predicted octanol–water partition coefficient (Wildman–Crippen LogP) is 3.07. The Hall–Kier alpha value is -1.92. The lowest BCUT2D eigenvalue weighted by molar-refractivity contribution is -0.0829. The van der Waals surface area contributed by atoms with E-state index in [4.69, 9.17) is 4.74 Å². The number of hydrogen-bond donors (Lipinski definition) is 1. The summed E-state index contributed by atoms with van der Waals surface area (Å²) < 4.78 is 6.31. The van der Waals surface area contributed by atoms with Gasteiger partial charge in [0.1, 0.15) is 5.60 Å². The van der Waals surface area contributed by atoms with Crippen LogP contribution in [0.25, 0.3) is 10.4 Å². The molecule has 1 unspecified atom stereocenters. The van der Waals surface area contributed by atoms with Crippen LogP contribution in [0.15, 0.2) is 41.5 Å². The van der Waals surface area contributed by atoms with Crippen LogP contribution >= 0.6 is 11.3 Å². The second-order valence-electron chi connectivity index (χ2n) is 6.86. The third kappa shape index (κ3) is 2.41. The summed E-state index contributed by atoms with van der Waals surface area (Å²) in [6, 6.07) is 11.0. The number of aliphatic imine (C=N–C) groups is 1. The average Bonchev–Trinajstić information content (AvgIpc) is 3.25. The van der Waals surface area contributed by atoms with Gasteiger partial charge in [0.05, 0.1) is 11.4 Å². The molecule has 0 amide bonds. The summed E-state index contributed by atoms with van der Waals surface area (Å²) in [5.41, 5.74) is 1.09. The van der Waals surface area contributed by atoms with E-state index >= 15 is 0 Å². The highest BCUT2D eigenvalue weighted by Gasteiger charge is 2.51. The predicted molar refractivity (Wildman–Crippen MR) is 96.5 cm³/mol. The lowest BCUT2D eigenvalue weighted by atomic mass is 9.75. The van der Waals surface area contributed by atoms with Crippen molar-refractivity contribution in [3.05, 3.63) is 36.5 Å². The number of rotatable bonds is 2. The van der Waals surface area contributed by atoms with Gasteiger partial charge in [-0.1, -0.05) is 41.7 Å². The van der Waals surface area contributed by atoms with Crippen LogP contribution in [0, 0.1) is 5.92 Å². The van der Waals surface area contributed by atoms with Crippen molar-refractivity contribution in [3.63, 3.8) is 0 Å². The lowest BCUT2D eigenvalue weighted by Gasteiger charge is -2.50. The molecule has 3 fully saturated rings. The molecule has 0 saturated carbocycles. The molecule has 124 valence electrons. The van der Waals surface area contributed by atoms with Crippen molar-refractivity contribution in [2.24, 2.45) is 10.9 Å². The highest BCUT2D eigenvalue weighted by Crippen LogP contribution is 2.41. The number of amidine groups is 1. The molecule has 1 N–H and O–H groups in total. The van der Waals surface area contributed by atoms with Gasteiger partial charge in [0.25, 0.3) is 6.02 Å². The second kappa shape index (κ2) is 5.57. The molecule has 6 rings (SSSR count). The van der Waals surface area contributed by atoms with Gasteiger partial charge in [0.15, 0.2) is 5.13 Å². The number of anilines is 1. The number of fused-ring (bicyclic) bond motifs is 2. The van der Waals surface area contributed by atoms with E-state index in [9.17, 15) is 0 Å². The number of ether oxygens (including phenoxy) is 1. The molecule has 1 aromatic heterocycles. The first-order valence-corrected chi connectivity index (χ1v) is 9.36. The van der Waals surface area contributed by atoms with Crippen LogP contribution in [0.5, 0.6) is 0 Å². The van der Waals surface area contributed by atoms with E-state index in [1.54, 1.807) is 11.3 Å². The Morgan fingerprint density at radius 1 is 1.21 bits per heavy atom. The van der Waals surface area contributed by atoms with Gasteiger partial charge >= 0.3 is 0 Å². The van der Waals surface area contributed by atoms with Crippen LogP contribution in [0.2, 0.25) is 0 Å². The molecule has 4 aliphatic heterocycles. The second-order valence-corrected chi connectivity index (χ2v) is 7.89. The fraction of sp³-hybridized carbons (Fsp3) is 0.444. The van der Waals surface area contributed by atoms with Gasteiger partial charge in [-0.05, 0) is 31.5 Å². The normalized spacial score (nSPS) is 31.1. The van der Waals surface area contributed by atoms with Gasteiger partial charge in [0, 0.05) is 18.7 Å². The zero-order valence-electron chi connectivity index (χ0n) is 13.4. The minimum Gasteiger partial charge on any atom is -0.455 e. The van der Waals surface area contributed by atoms with Crippen LogP contribution in [0.1, 0.15) is 12.8 Å². The van der Waals surface area contributed by atoms with Crippen molar-refractivity contribution in [2.45, 2.75) is 18.4 Å². The number of piperidine rings is 3. The van der Waals surface area contributed by atoms with Crippen LogP contribution in [-0.4, -0.2) is 47.7 Å². The van der Waals surface area contributed by atoms with Crippen molar-refractivity contribution in [3.8, 4) is 10.4 Å². The van der Waals surface area contributed by atoms with E-state index in [-0.39, 0.29) is 5.60 Å². The molecule has 1 atom stereocenters. The lowest BCUT2D eigenvalue weighted by Crippen LogP contribution is -2.61. The van der Waals surface area contributed by atoms with Crippen LogP contribution in [-0.2, 0) is 4.74 Å². The number of nitrogens with one attached hydrogen (secondary N) is 1. The van der Waals surface area contributed by atoms with Gasteiger partial charge in [0.2, 0.25) is 0 Å². The van der Waals surface area contributed by atoms with Gasteiger partial charge in [-0.3, -0.25) is 10.2 Å². The fourth-order valence-corrected chi connectivity index (χ4v) is 4.92. The van der Waals surface area contributed by atoms with Crippen molar-refractivity contribution in [1.29, 1.82) is 0 Å². The van der Waals surface area contributed by atoms with Gasteiger partial charge in [-0.25, -0.2) is 9.98 Å². The number of nitrogens with zero attached hydrogens (tertiary/aromatic N) is 3. The molecule has 0 radical (unpaired) electrons. The maximum atomic E-state index is 6.31. The van der Waals surface area contributed by atoms with Crippen LogP contribution in [0.4, 0.5) is 5.13 Å². The van der Waals surface area contributed by atoms with Crippen molar-refractivity contribution >= 4 is 22.5 Å². The van der Waals surface area contributed by atoms with Crippen LogP contribution < -0.4 is 5.32 Å². The Balaban J connectivity index is 1.29. The van der Waals surface area contributed by atoms with E-state index < -0.39 is 0 Å². The standard InChI is InChI=1S/C18H20N4OS/c1-2-4-13(5-3-1)15-10-19-17(24-15)21-16-20-11-18(23-16)12-22-8-6-14(18)7-9-22/h1-5,10,14H,6-9,11-12H2,(H,19,20,21). The van der Waals surface area contributed by atoms with Crippen LogP contribution in [0.3, 0.4) is 0 Å². The first kappa shape index (κ1) is 14.4. The molecule has 1 aromatic carbocycles. The summed E-state index contributed by atoms with van der Waals surface area (Å²) in [5.74, 6) is 0.640. The highest BCUT2D eigenvalue weighted by atomic mass is 32.1. The number of benzene rings is 1. The molecule has 2 bridgehead atoms. The average molecular weight is 340 g/mol. The first-order chi connectivity index (χ1) is 11.8. The van der Waals surface area contributed by atoms with Crippen molar-refractivity contribution in [1.82, 2.24) is 9.88 Å². The minimum atomic E-state index is -0.0989. The maximum Gasteiger partial charge on any atom is 0.291 e. The Morgan fingerprint density at radius 2 is 2.04 bits per heavy atom. The first-order valence-electron chi connectivity index (χ1n) is 8.55. The number of aromatic nitrogens is 1. The fourth-order valence-electron chi connectivity index (χ4n) is 4.11. The summed E-state index contributed by atoms with van der Waals surface area (Å²) in [6.07, 6.45) is 4.37. The smallest absolute Gasteiger partial charge is 0.291 e. The molecule has 4 aliphatic rings. The molecule has 6 heteroatoms. The Bertz CT molecular complexity index is 766. The minimum absolute atomic E-state index is 0.0989. The zero-order valence-corrected chi connectivity index (χ0v) is 14.3. The molecule has 5 heterocycles. The number of hydrogen-bond acceptors (Lipinski definition) is 6. The summed E-state index contributed by atoms with van der Waals surface area (Å²) >= 11 is 1.63. The molecule has 2 aromatic rings. The monoisotopic (exact) mass is 340 g/mol. The van der Waals surface area contributed by atoms with Gasteiger partial charge in [-0.2, -0.15) is 0 Å². The number of thiazole rings is 1. The molecule has 1 spiro atoms. The Morgan fingerprint density at radius 3 is 2.79 bits per heavy atom. The maximum absolute atomic E-state index is 6.31. The van der Waals surface area contributed by atoms with Gasteiger partial charge < -0.3 is 4.74 Å². The third-order valence-electron chi connectivity index (χ3n) is 5.39. The topological polar surface area (TPSA) is 49.8 Å². The molecule has 24 heavy (non-hydrogen) atoms. The summed E-state index contributed by atoms with van der Waals surface area (Å²) in [4.78, 5) is 12.8. The van der Waals surface area contributed by atoms with Crippen molar-refractivity contribution < 1.29 is 4.74 Å². The molecular formula is C18H20N4OS. The third-order valence-corrected chi connectivity index (χ3v) is 6.35. The largest absolute Gasteiger partial charge is 0.455 e. The van der Waals surface area contributed by atoms with E-state index in [1.807, 2.05) is 24.4 Å². The Labute approximate surface area is 145 Å². The zero-order chi connectivity index (χ0) is 16.0. The summed E-state index contributed by atoms with van der Waals surface area (Å²) in [5, 5.41) is 4.12. The molecule has 0 aliphatic carbocycles.